The van der Waals surface area contributed by atoms with E-state index in [2.05, 4.69) is 15.2 Å². The number of nitrogens with two attached hydrogens (primary N) is 1. The Bertz CT molecular complexity index is 682. The number of carbonyl (C=O) groups is 1. The highest BCUT2D eigenvalue weighted by Crippen LogP contribution is 2.30. The van der Waals surface area contributed by atoms with Crippen molar-refractivity contribution >= 4 is 45.9 Å². The number of aliphatic imine (C=N–C) groups is 1. The second-order valence-corrected chi connectivity index (χ2v) is 9.28. The van der Waals surface area contributed by atoms with Crippen molar-refractivity contribution in [3.8, 4) is 0 Å². The first-order valence-electron chi connectivity index (χ1n) is 9.35. The molecule has 2 aliphatic rings. The number of nitrogens with one attached hydrogen (secondary N) is 1. The molecule has 0 aromatic heterocycles. The van der Waals surface area contributed by atoms with Crippen LogP contribution in [0.1, 0.15) is 32.1 Å². The van der Waals surface area contributed by atoms with Gasteiger partial charge in [-0.3, -0.25) is 9.79 Å². The minimum absolute atomic E-state index is 0. The van der Waals surface area contributed by atoms with Crippen molar-refractivity contribution in [1.29, 1.82) is 0 Å². The number of amides is 1. The van der Waals surface area contributed by atoms with Crippen LogP contribution in [0, 0.1) is 11.8 Å². The molecule has 0 bridgehead atoms. The SMILES string of the molecule is CN=C(NCC1CCN(S(=O)(=O)C(F)(F)F)CC1)N1CCCC(CC(N)=O)C1.I. The van der Waals surface area contributed by atoms with E-state index < -0.39 is 15.5 Å². The Hall–Kier alpha value is -0.830. The summed E-state index contributed by atoms with van der Waals surface area (Å²) in [7, 11) is -3.60. The summed E-state index contributed by atoms with van der Waals surface area (Å²) in [5.74, 6) is 0.595. The number of piperidine rings is 2. The van der Waals surface area contributed by atoms with Crippen LogP contribution in [0.15, 0.2) is 4.99 Å². The van der Waals surface area contributed by atoms with Crippen molar-refractivity contribution in [2.75, 3.05) is 39.8 Å². The molecular weight excluding hydrogens is 526 g/mol. The maximum Gasteiger partial charge on any atom is 0.511 e. The Morgan fingerprint density at radius 2 is 1.79 bits per heavy atom. The van der Waals surface area contributed by atoms with Crippen molar-refractivity contribution in [2.24, 2.45) is 22.6 Å². The first-order chi connectivity index (χ1) is 13.0. The lowest BCUT2D eigenvalue weighted by Crippen LogP contribution is -2.50. The molecule has 29 heavy (non-hydrogen) atoms. The molecular formula is C16H29F3IN5O3S. The summed E-state index contributed by atoms with van der Waals surface area (Å²) in [4.78, 5) is 17.5. The van der Waals surface area contributed by atoms with Crippen molar-refractivity contribution in [2.45, 2.75) is 37.6 Å². The molecule has 0 radical (unpaired) electrons. The Morgan fingerprint density at radius 1 is 1.17 bits per heavy atom. The number of alkyl halides is 3. The van der Waals surface area contributed by atoms with Gasteiger partial charge in [-0.2, -0.15) is 17.5 Å². The highest BCUT2D eigenvalue weighted by molar-refractivity contribution is 14.0. The average Bonchev–Trinajstić information content (AvgIpc) is 2.61. The summed E-state index contributed by atoms with van der Waals surface area (Å²) < 4.78 is 61.4. The fraction of sp³-hybridized carbons (Fsp3) is 0.875. The number of rotatable bonds is 5. The van der Waals surface area contributed by atoms with Gasteiger partial charge in [0.15, 0.2) is 5.96 Å². The molecule has 2 fully saturated rings. The van der Waals surface area contributed by atoms with Gasteiger partial charge in [0.2, 0.25) is 5.91 Å². The smallest absolute Gasteiger partial charge is 0.370 e. The third kappa shape index (κ3) is 7.12. The molecule has 1 unspecified atom stereocenters. The van der Waals surface area contributed by atoms with Gasteiger partial charge in [-0.1, -0.05) is 0 Å². The van der Waals surface area contributed by atoms with E-state index in [0.717, 1.165) is 19.4 Å². The van der Waals surface area contributed by atoms with E-state index in [0.29, 0.717) is 42.6 Å². The zero-order valence-corrected chi connectivity index (χ0v) is 19.5. The summed E-state index contributed by atoms with van der Waals surface area (Å²) in [5, 5.41) is 3.24. The molecule has 3 N–H and O–H groups in total. The minimum atomic E-state index is -5.25. The standard InChI is InChI=1S/C16H28F3N5O3S.HI/c1-21-15(23-6-2-3-13(11-23)9-14(20)25)22-10-12-4-7-24(8-5-12)28(26,27)16(17,18)19;/h12-13H,2-11H2,1H3,(H2,20,25)(H,21,22);1H. The molecule has 0 aliphatic carbocycles. The maximum absolute atomic E-state index is 12.6. The van der Waals surface area contributed by atoms with Crippen molar-refractivity contribution in [3.05, 3.63) is 0 Å². The zero-order valence-electron chi connectivity index (χ0n) is 16.3. The lowest BCUT2D eigenvalue weighted by molar-refractivity contribution is -0.119. The van der Waals surface area contributed by atoms with Gasteiger partial charge in [-0.05, 0) is 37.5 Å². The monoisotopic (exact) mass is 555 g/mol. The molecule has 0 aromatic rings. The summed E-state index contributed by atoms with van der Waals surface area (Å²) in [6.45, 7) is 1.69. The molecule has 0 spiro atoms. The molecule has 2 heterocycles. The minimum Gasteiger partial charge on any atom is -0.370 e. The molecule has 8 nitrogen and oxygen atoms in total. The normalized spacial score (nSPS) is 22.8. The summed E-state index contributed by atoms with van der Waals surface area (Å²) in [6.07, 6.45) is 2.89. The number of hydrogen-bond donors (Lipinski definition) is 2. The number of hydrogen-bond acceptors (Lipinski definition) is 4. The number of primary amides is 1. The molecule has 0 aromatic carbocycles. The molecule has 0 saturated carbocycles. The highest BCUT2D eigenvalue weighted by Gasteiger charge is 2.50. The summed E-state index contributed by atoms with van der Waals surface area (Å²) in [6, 6.07) is 0. The Labute approximate surface area is 186 Å². The van der Waals surface area contributed by atoms with Gasteiger partial charge in [-0.25, -0.2) is 8.42 Å². The first-order valence-corrected chi connectivity index (χ1v) is 10.8. The molecule has 1 amide bonds. The van der Waals surface area contributed by atoms with E-state index in [4.69, 9.17) is 5.73 Å². The van der Waals surface area contributed by atoms with Crippen LogP contribution in [0.25, 0.3) is 0 Å². The Morgan fingerprint density at radius 3 is 2.31 bits per heavy atom. The summed E-state index contributed by atoms with van der Waals surface area (Å²) in [5.41, 5.74) is 0.0275. The predicted molar refractivity (Wildman–Crippen MR) is 114 cm³/mol. The number of carbonyl (C=O) groups excluding carboxylic acids is 1. The molecule has 2 rings (SSSR count). The van der Waals surface area contributed by atoms with Crippen LogP contribution in [-0.4, -0.2) is 74.8 Å². The fourth-order valence-electron chi connectivity index (χ4n) is 3.78. The van der Waals surface area contributed by atoms with Crippen LogP contribution in [-0.2, 0) is 14.8 Å². The lowest BCUT2D eigenvalue weighted by atomic mass is 9.94. The molecule has 170 valence electrons. The van der Waals surface area contributed by atoms with Gasteiger partial charge in [-0.15, -0.1) is 24.0 Å². The van der Waals surface area contributed by atoms with Gasteiger partial charge in [0.1, 0.15) is 0 Å². The average molecular weight is 555 g/mol. The van der Waals surface area contributed by atoms with Gasteiger partial charge in [0.25, 0.3) is 0 Å². The second kappa shape index (κ2) is 11.0. The predicted octanol–water partition coefficient (Wildman–Crippen LogP) is 1.33. The zero-order chi connectivity index (χ0) is 20.9. The van der Waals surface area contributed by atoms with Crippen LogP contribution >= 0.6 is 24.0 Å². The van der Waals surface area contributed by atoms with Crippen LogP contribution in [0.5, 0.6) is 0 Å². The Balaban J connectivity index is 0.00000420. The molecule has 13 heteroatoms. The molecule has 2 saturated heterocycles. The van der Waals surface area contributed by atoms with E-state index in [1.54, 1.807) is 7.05 Å². The fourth-order valence-corrected chi connectivity index (χ4v) is 4.76. The van der Waals surface area contributed by atoms with Crippen molar-refractivity contribution < 1.29 is 26.4 Å². The van der Waals surface area contributed by atoms with E-state index in [1.165, 1.54) is 0 Å². The number of guanidine groups is 1. The first kappa shape index (κ1) is 26.2. The summed E-state index contributed by atoms with van der Waals surface area (Å²) >= 11 is 0. The highest BCUT2D eigenvalue weighted by atomic mass is 127. The topological polar surface area (TPSA) is 108 Å². The van der Waals surface area contributed by atoms with E-state index in [-0.39, 0.29) is 54.8 Å². The van der Waals surface area contributed by atoms with Crippen LogP contribution in [0.3, 0.4) is 0 Å². The number of nitrogens with zero attached hydrogens (tertiary/aromatic N) is 3. The van der Waals surface area contributed by atoms with Gasteiger partial charge >= 0.3 is 15.5 Å². The van der Waals surface area contributed by atoms with Crippen molar-refractivity contribution in [1.82, 2.24) is 14.5 Å². The van der Waals surface area contributed by atoms with Crippen LogP contribution < -0.4 is 11.1 Å². The maximum atomic E-state index is 12.6. The number of halogens is 4. The van der Waals surface area contributed by atoms with Crippen LogP contribution in [0.4, 0.5) is 13.2 Å². The number of sulfonamides is 1. The lowest BCUT2D eigenvalue weighted by Gasteiger charge is -2.36. The third-order valence-corrected chi connectivity index (χ3v) is 6.90. The van der Waals surface area contributed by atoms with Gasteiger partial charge in [0, 0.05) is 46.2 Å². The quantitative estimate of drug-likeness (QED) is 0.303. The third-order valence-electron chi connectivity index (χ3n) is 5.27. The van der Waals surface area contributed by atoms with E-state index >= 15 is 0 Å². The largest absolute Gasteiger partial charge is 0.511 e. The van der Waals surface area contributed by atoms with E-state index in [1.807, 2.05) is 0 Å². The van der Waals surface area contributed by atoms with Crippen molar-refractivity contribution in [3.63, 3.8) is 0 Å². The van der Waals surface area contributed by atoms with E-state index in [9.17, 15) is 26.4 Å². The van der Waals surface area contributed by atoms with Gasteiger partial charge < -0.3 is 16.0 Å². The molecule has 1 atom stereocenters. The number of likely N-dealkylation sites (tertiary alicyclic amines) is 1. The van der Waals surface area contributed by atoms with Gasteiger partial charge in [0.05, 0.1) is 0 Å². The van der Waals surface area contributed by atoms with Crippen LogP contribution in [0.2, 0.25) is 0 Å². The Kier molecular flexibility index (Phi) is 9.92. The second-order valence-electron chi connectivity index (χ2n) is 7.35. The molecule has 2 aliphatic heterocycles.